The van der Waals surface area contributed by atoms with Crippen LogP contribution in [0.25, 0.3) is 0 Å². The van der Waals surface area contributed by atoms with E-state index in [0.29, 0.717) is 12.8 Å². The molecule has 0 aliphatic rings. The summed E-state index contributed by atoms with van der Waals surface area (Å²) in [4.78, 5) is 21.3. The number of aromatic hydroxyl groups is 2. The Morgan fingerprint density at radius 3 is 1.66 bits per heavy atom. The highest BCUT2D eigenvalue weighted by molar-refractivity contribution is 5.69. The van der Waals surface area contributed by atoms with E-state index in [-0.39, 0.29) is 23.9 Å². The molecule has 0 saturated heterocycles. The number of unbranched alkanes of at least 4 members (excludes halogenated alkanes) is 1. The summed E-state index contributed by atoms with van der Waals surface area (Å²) in [5, 5.41) is 27.0. The molecule has 0 aliphatic carbocycles. The Kier molecular flexibility index (Phi) is 9.72. The van der Waals surface area contributed by atoms with Gasteiger partial charge in [-0.3, -0.25) is 9.59 Å². The molecule has 0 heterocycles. The lowest BCUT2D eigenvalue weighted by Gasteiger charge is -2.31. The standard InChI is InChI=1S/C18H20O4.C5H10O2/c1-18(12-11-17(21)22-2,13-3-7-15(19)8-4-13)14-5-9-16(20)10-6-14;1-2-3-4-5(6)7/h3-10,19-20H,11-12H2,1-2H3;2-4H2,1H3,(H,6,7). The number of hydrogen-bond donors (Lipinski definition) is 3. The fourth-order valence-electron chi connectivity index (χ4n) is 2.90. The van der Waals surface area contributed by atoms with Gasteiger partial charge in [0.2, 0.25) is 0 Å². The van der Waals surface area contributed by atoms with Crippen LogP contribution in [0.5, 0.6) is 11.5 Å². The lowest BCUT2D eigenvalue weighted by Crippen LogP contribution is -2.25. The van der Waals surface area contributed by atoms with Gasteiger partial charge in [0.15, 0.2) is 0 Å². The maximum absolute atomic E-state index is 11.5. The molecule has 0 aromatic heterocycles. The van der Waals surface area contributed by atoms with Gasteiger partial charge in [-0.1, -0.05) is 44.5 Å². The van der Waals surface area contributed by atoms with Crippen molar-refractivity contribution in [2.24, 2.45) is 0 Å². The van der Waals surface area contributed by atoms with Crippen LogP contribution >= 0.6 is 0 Å². The topological polar surface area (TPSA) is 104 Å². The molecule has 0 saturated carbocycles. The Bertz CT molecular complexity index is 719. The van der Waals surface area contributed by atoms with Crippen LogP contribution in [0.1, 0.15) is 57.1 Å². The van der Waals surface area contributed by atoms with Crippen molar-refractivity contribution in [2.75, 3.05) is 7.11 Å². The smallest absolute Gasteiger partial charge is 0.305 e. The van der Waals surface area contributed by atoms with Gasteiger partial charge in [-0.2, -0.15) is 0 Å². The van der Waals surface area contributed by atoms with Gasteiger partial charge in [-0.15, -0.1) is 0 Å². The minimum absolute atomic E-state index is 0.199. The summed E-state index contributed by atoms with van der Waals surface area (Å²) in [6.45, 7) is 4.01. The number of methoxy groups -OCH3 is 1. The Morgan fingerprint density at radius 2 is 1.34 bits per heavy atom. The molecule has 0 spiro atoms. The van der Waals surface area contributed by atoms with Gasteiger partial charge < -0.3 is 20.1 Å². The quantitative estimate of drug-likeness (QED) is 0.557. The molecule has 158 valence electrons. The minimum atomic E-state index is -0.693. The van der Waals surface area contributed by atoms with Crippen LogP contribution in [0.2, 0.25) is 0 Å². The van der Waals surface area contributed by atoms with E-state index in [2.05, 4.69) is 0 Å². The van der Waals surface area contributed by atoms with E-state index < -0.39 is 11.4 Å². The van der Waals surface area contributed by atoms with Crippen molar-refractivity contribution in [3.8, 4) is 11.5 Å². The van der Waals surface area contributed by atoms with Crippen LogP contribution in [-0.4, -0.2) is 34.4 Å². The zero-order chi connectivity index (χ0) is 21.9. The summed E-state index contributed by atoms with van der Waals surface area (Å²) in [5.41, 5.74) is 1.55. The SMILES string of the molecule is CCCCC(=O)O.COC(=O)CCC(C)(c1ccc(O)cc1)c1ccc(O)cc1. The van der Waals surface area contributed by atoms with E-state index in [1.54, 1.807) is 24.3 Å². The first kappa shape index (κ1) is 24.0. The third-order valence-corrected chi connectivity index (χ3v) is 4.81. The van der Waals surface area contributed by atoms with E-state index in [0.717, 1.165) is 24.0 Å². The molecule has 3 N–H and O–H groups in total. The molecular weight excluding hydrogens is 372 g/mol. The highest BCUT2D eigenvalue weighted by Gasteiger charge is 2.29. The maximum Gasteiger partial charge on any atom is 0.305 e. The largest absolute Gasteiger partial charge is 0.508 e. The molecule has 0 radical (unpaired) electrons. The molecule has 6 heteroatoms. The first-order chi connectivity index (χ1) is 13.7. The summed E-state index contributed by atoms with van der Waals surface area (Å²) in [7, 11) is 1.38. The van der Waals surface area contributed by atoms with E-state index >= 15 is 0 Å². The number of phenolic OH excluding ortho intramolecular Hbond substituents is 2. The van der Waals surface area contributed by atoms with E-state index in [9.17, 15) is 19.8 Å². The predicted molar refractivity (Wildman–Crippen MR) is 111 cm³/mol. The number of carbonyl (C=O) groups excluding carboxylic acids is 1. The second-order valence-corrected chi connectivity index (χ2v) is 7.00. The number of esters is 1. The van der Waals surface area contributed by atoms with Crippen molar-refractivity contribution < 1.29 is 29.6 Å². The molecule has 0 bridgehead atoms. The van der Waals surface area contributed by atoms with Crippen molar-refractivity contribution in [3.63, 3.8) is 0 Å². The first-order valence-corrected chi connectivity index (χ1v) is 9.60. The number of rotatable bonds is 8. The summed E-state index contributed by atoms with van der Waals surface area (Å²) < 4.78 is 4.74. The number of phenols is 2. The van der Waals surface area contributed by atoms with Gasteiger partial charge in [0.05, 0.1) is 7.11 Å². The lowest BCUT2D eigenvalue weighted by molar-refractivity contribution is -0.141. The van der Waals surface area contributed by atoms with Gasteiger partial charge >= 0.3 is 11.9 Å². The minimum Gasteiger partial charge on any atom is -0.508 e. The zero-order valence-electron chi connectivity index (χ0n) is 17.2. The molecule has 0 unspecified atom stereocenters. The van der Waals surface area contributed by atoms with Crippen molar-refractivity contribution in [3.05, 3.63) is 59.7 Å². The number of carboxylic acids is 1. The van der Waals surface area contributed by atoms with Gasteiger partial charge in [0.1, 0.15) is 11.5 Å². The molecular formula is C23H30O6. The van der Waals surface area contributed by atoms with Crippen molar-refractivity contribution in [1.29, 1.82) is 0 Å². The molecule has 0 atom stereocenters. The first-order valence-electron chi connectivity index (χ1n) is 9.60. The lowest BCUT2D eigenvalue weighted by atomic mass is 9.73. The van der Waals surface area contributed by atoms with Crippen LogP contribution in [0.3, 0.4) is 0 Å². The third-order valence-electron chi connectivity index (χ3n) is 4.81. The number of hydrogen-bond acceptors (Lipinski definition) is 5. The number of aliphatic carboxylic acids is 1. The van der Waals surface area contributed by atoms with E-state index in [1.165, 1.54) is 7.11 Å². The fourth-order valence-corrected chi connectivity index (χ4v) is 2.90. The second-order valence-electron chi connectivity index (χ2n) is 7.00. The summed E-state index contributed by atoms with van der Waals surface area (Å²) in [6, 6.07) is 13.9. The fraction of sp³-hybridized carbons (Fsp3) is 0.391. The van der Waals surface area contributed by atoms with Crippen molar-refractivity contribution in [1.82, 2.24) is 0 Å². The molecule has 0 aliphatic heterocycles. The molecule has 0 fully saturated rings. The summed E-state index contributed by atoms with van der Waals surface area (Å²) >= 11 is 0. The Labute approximate surface area is 171 Å². The monoisotopic (exact) mass is 402 g/mol. The van der Waals surface area contributed by atoms with Gasteiger partial charge in [0, 0.05) is 18.3 Å². The molecule has 2 aromatic rings. The zero-order valence-corrected chi connectivity index (χ0v) is 17.2. The number of carbonyl (C=O) groups is 2. The highest BCUT2D eigenvalue weighted by Crippen LogP contribution is 2.37. The van der Waals surface area contributed by atoms with Crippen LogP contribution in [0, 0.1) is 0 Å². The van der Waals surface area contributed by atoms with Gasteiger partial charge in [0.25, 0.3) is 0 Å². The van der Waals surface area contributed by atoms with E-state index in [4.69, 9.17) is 9.84 Å². The summed E-state index contributed by atoms with van der Waals surface area (Å²) in [6.07, 6.45) is 2.93. The number of ether oxygens (including phenoxy) is 1. The maximum atomic E-state index is 11.5. The highest BCUT2D eigenvalue weighted by atomic mass is 16.5. The Hall–Kier alpha value is -3.02. The molecule has 0 amide bonds. The normalized spacial score (nSPS) is 10.6. The Balaban J connectivity index is 0.000000516. The molecule has 2 rings (SSSR count). The van der Waals surface area contributed by atoms with Crippen LogP contribution in [-0.2, 0) is 19.7 Å². The molecule has 2 aromatic carbocycles. The second kappa shape index (κ2) is 11.7. The van der Waals surface area contributed by atoms with Gasteiger partial charge in [-0.25, -0.2) is 0 Å². The molecule has 29 heavy (non-hydrogen) atoms. The average Bonchev–Trinajstić information content (AvgIpc) is 2.71. The van der Waals surface area contributed by atoms with E-state index in [1.807, 2.05) is 38.1 Å². The number of carboxylic acid groups (broad SMARTS) is 1. The van der Waals surface area contributed by atoms with Crippen LogP contribution in [0.15, 0.2) is 48.5 Å². The Morgan fingerprint density at radius 1 is 0.897 bits per heavy atom. The summed E-state index contributed by atoms with van der Waals surface area (Å²) in [5.74, 6) is -0.555. The van der Waals surface area contributed by atoms with Crippen LogP contribution in [0.4, 0.5) is 0 Å². The number of benzene rings is 2. The third kappa shape index (κ3) is 7.86. The predicted octanol–water partition coefficient (Wildman–Crippen LogP) is 4.62. The van der Waals surface area contributed by atoms with Crippen molar-refractivity contribution >= 4 is 11.9 Å². The van der Waals surface area contributed by atoms with Gasteiger partial charge in [-0.05, 0) is 48.2 Å². The van der Waals surface area contributed by atoms with Crippen LogP contribution < -0.4 is 0 Å². The molecule has 6 nitrogen and oxygen atoms in total. The van der Waals surface area contributed by atoms with Crippen molar-refractivity contribution in [2.45, 2.75) is 51.4 Å². The average molecular weight is 402 g/mol.